The highest BCUT2D eigenvalue weighted by Crippen LogP contribution is 2.27. The van der Waals surface area contributed by atoms with Crippen LogP contribution in [0.5, 0.6) is 0 Å². The Labute approximate surface area is 156 Å². The highest BCUT2D eigenvalue weighted by molar-refractivity contribution is 5.79. The number of amides is 2. The molecular weight excluding hydrogens is 358 g/mol. The van der Waals surface area contributed by atoms with Gasteiger partial charge < -0.3 is 15.3 Å². The van der Waals surface area contributed by atoms with Gasteiger partial charge in [-0.15, -0.1) is 0 Å². The van der Waals surface area contributed by atoms with Crippen molar-refractivity contribution in [2.24, 2.45) is 0 Å². The van der Waals surface area contributed by atoms with Crippen molar-refractivity contribution >= 4 is 17.8 Å². The van der Waals surface area contributed by atoms with E-state index in [1.165, 1.54) is 13.0 Å². The van der Waals surface area contributed by atoms with E-state index in [0.29, 0.717) is 19.4 Å². The smallest absolute Gasteiger partial charge is 0.303 e. The molecular formula is C19H24F2N2O4. The zero-order chi connectivity index (χ0) is 20.0. The number of carbonyl (C=O) groups excluding carboxylic acids is 2. The summed E-state index contributed by atoms with van der Waals surface area (Å²) in [4.78, 5) is 36.8. The summed E-state index contributed by atoms with van der Waals surface area (Å²) >= 11 is 0. The van der Waals surface area contributed by atoms with Crippen molar-refractivity contribution in [1.82, 2.24) is 10.2 Å². The molecule has 2 rings (SSSR count). The standard InChI is InChI=1S/C19H24F2N2O4/c1-12(24)22-16(19-14(20)6-4-7-15(19)21)11-17(25)23-10-3-2-5-13(23)8-9-18(26)27/h4,6-7,13,16H,2-3,5,8-11H2,1H3,(H,22,24)(H,26,27). The lowest BCUT2D eigenvalue weighted by Gasteiger charge is -2.36. The number of likely N-dealkylation sites (tertiary alicyclic amines) is 1. The number of halogens is 2. The Balaban J connectivity index is 2.19. The molecule has 2 N–H and O–H groups in total. The topological polar surface area (TPSA) is 86.7 Å². The highest BCUT2D eigenvalue weighted by Gasteiger charge is 2.31. The van der Waals surface area contributed by atoms with Gasteiger partial charge in [-0.1, -0.05) is 6.07 Å². The van der Waals surface area contributed by atoms with Crippen LogP contribution in [0.4, 0.5) is 8.78 Å². The van der Waals surface area contributed by atoms with E-state index in [4.69, 9.17) is 5.11 Å². The molecule has 0 saturated carbocycles. The molecule has 0 aliphatic carbocycles. The lowest BCUT2D eigenvalue weighted by atomic mass is 9.95. The first-order valence-electron chi connectivity index (χ1n) is 9.02. The predicted molar refractivity (Wildman–Crippen MR) is 93.8 cm³/mol. The van der Waals surface area contributed by atoms with Crippen LogP contribution >= 0.6 is 0 Å². The molecule has 1 aromatic carbocycles. The van der Waals surface area contributed by atoms with Crippen LogP contribution in [0.3, 0.4) is 0 Å². The SMILES string of the molecule is CC(=O)NC(CC(=O)N1CCCCC1CCC(=O)O)c1c(F)cccc1F. The molecule has 148 valence electrons. The van der Waals surface area contributed by atoms with Crippen molar-refractivity contribution in [3.05, 3.63) is 35.4 Å². The molecule has 0 aromatic heterocycles. The molecule has 27 heavy (non-hydrogen) atoms. The van der Waals surface area contributed by atoms with Gasteiger partial charge in [0.2, 0.25) is 11.8 Å². The second-order valence-electron chi connectivity index (χ2n) is 6.76. The summed E-state index contributed by atoms with van der Waals surface area (Å²) in [7, 11) is 0. The number of nitrogens with one attached hydrogen (secondary N) is 1. The molecule has 1 aliphatic heterocycles. The van der Waals surface area contributed by atoms with Crippen molar-refractivity contribution < 1.29 is 28.3 Å². The summed E-state index contributed by atoms with van der Waals surface area (Å²) in [6.07, 6.45) is 2.36. The molecule has 1 saturated heterocycles. The minimum Gasteiger partial charge on any atom is -0.481 e. The summed E-state index contributed by atoms with van der Waals surface area (Å²) in [5.41, 5.74) is -0.347. The second kappa shape index (κ2) is 9.43. The largest absolute Gasteiger partial charge is 0.481 e. The lowest BCUT2D eigenvalue weighted by molar-refractivity contribution is -0.140. The number of carboxylic acids is 1. The van der Waals surface area contributed by atoms with Crippen molar-refractivity contribution in [2.75, 3.05) is 6.54 Å². The van der Waals surface area contributed by atoms with Crippen molar-refractivity contribution in [3.63, 3.8) is 0 Å². The van der Waals surface area contributed by atoms with Crippen LogP contribution < -0.4 is 5.32 Å². The molecule has 0 radical (unpaired) electrons. The van der Waals surface area contributed by atoms with E-state index in [9.17, 15) is 23.2 Å². The molecule has 8 heteroatoms. The first-order chi connectivity index (χ1) is 12.8. The molecule has 0 spiro atoms. The summed E-state index contributed by atoms with van der Waals surface area (Å²) in [6, 6.07) is 2.03. The summed E-state index contributed by atoms with van der Waals surface area (Å²) in [5, 5.41) is 11.3. The van der Waals surface area contributed by atoms with Gasteiger partial charge >= 0.3 is 5.97 Å². The monoisotopic (exact) mass is 382 g/mol. The Morgan fingerprint density at radius 3 is 2.52 bits per heavy atom. The third-order valence-corrected chi connectivity index (χ3v) is 4.74. The number of hydrogen-bond donors (Lipinski definition) is 2. The van der Waals surface area contributed by atoms with Gasteiger partial charge in [0, 0.05) is 31.5 Å². The van der Waals surface area contributed by atoms with E-state index in [1.54, 1.807) is 4.90 Å². The van der Waals surface area contributed by atoms with Gasteiger partial charge in [0.05, 0.1) is 12.5 Å². The Kier molecular flexibility index (Phi) is 7.27. The number of carbonyl (C=O) groups is 3. The fourth-order valence-corrected chi connectivity index (χ4v) is 3.53. The maximum Gasteiger partial charge on any atom is 0.303 e. The number of carboxylic acid groups (broad SMARTS) is 1. The van der Waals surface area contributed by atoms with Gasteiger partial charge in [0.25, 0.3) is 0 Å². The van der Waals surface area contributed by atoms with Crippen LogP contribution in [0.15, 0.2) is 18.2 Å². The van der Waals surface area contributed by atoms with Crippen LogP contribution in [0.2, 0.25) is 0 Å². The van der Waals surface area contributed by atoms with Gasteiger partial charge in [-0.3, -0.25) is 14.4 Å². The van der Waals surface area contributed by atoms with E-state index in [1.807, 2.05) is 0 Å². The second-order valence-corrected chi connectivity index (χ2v) is 6.76. The molecule has 0 bridgehead atoms. The van der Waals surface area contributed by atoms with Crippen LogP contribution in [0, 0.1) is 11.6 Å². The third-order valence-electron chi connectivity index (χ3n) is 4.74. The van der Waals surface area contributed by atoms with Gasteiger partial charge in [-0.2, -0.15) is 0 Å². The van der Waals surface area contributed by atoms with Crippen LogP contribution in [-0.4, -0.2) is 40.4 Å². The maximum atomic E-state index is 14.1. The first-order valence-corrected chi connectivity index (χ1v) is 9.02. The van der Waals surface area contributed by atoms with Gasteiger partial charge in [-0.25, -0.2) is 8.78 Å². The number of rotatable bonds is 7. The van der Waals surface area contributed by atoms with Gasteiger partial charge in [0.15, 0.2) is 0 Å². The zero-order valence-corrected chi connectivity index (χ0v) is 15.2. The molecule has 6 nitrogen and oxygen atoms in total. The Morgan fingerprint density at radius 1 is 1.26 bits per heavy atom. The molecule has 1 aliphatic rings. The zero-order valence-electron chi connectivity index (χ0n) is 15.2. The van der Waals surface area contributed by atoms with E-state index in [2.05, 4.69) is 5.32 Å². The van der Waals surface area contributed by atoms with Crippen molar-refractivity contribution in [2.45, 2.75) is 57.5 Å². The minimum absolute atomic E-state index is 0.0501. The maximum absolute atomic E-state index is 14.1. The summed E-state index contributed by atoms with van der Waals surface area (Å²) in [6.45, 7) is 1.68. The van der Waals surface area contributed by atoms with Crippen molar-refractivity contribution in [3.8, 4) is 0 Å². The van der Waals surface area contributed by atoms with Crippen LogP contribution in [0.25, 0.3) is 0 Å². The molecule has 1 heterocycles. The van der Waals surface area contributed by atoms with E-state index in [-0.39, 0.29) is 30.4 Å². The normalized spacial score (nSPS) is 18.0. The molecule has 2 amide bonds. The predicted octanol–water partition coefficient (Wildman–Crippen LogP) is 2.78. The van der Waals surface area contributed by atoms with E-state index < -0.39 is 29.6 Å². The number of aliphatic carboxylic acids is 1. The van der Waals surface area contributed by atoms with Crippen molar-refractivity contribution in [1.29, 1.82) is 0 Å². The number of nitrogens with zero attached hydrogens (tertiary/aromatic N) is 1. The molecule has 2 unspecified atom stereocenters. The summed E-state index contributed by atoms with van der Waals surface area (Å²) < 4.78 is 28.3. The van der Waals surface area contributed by atoms with Gasteiger partial charge in [0.1, 0.15) is 11.6 Å². The quantitative estimate of drug-likeness (QED) is 0.759. The Hall–Kier alpha value is -2.51. The number of benzene rings is 1. The summed E-state index contributed by atoms with van der Waals surface area (Å²) in [5.74, 6) is -3.45. The van der Waals surface area contributed by atoms with E-state index >= 15 is 0 Å². The third kappa shape index (κ3) is 5.74. The first kappa shape index (κ1) is 20.8. The van der Waals surface area contributed by atoms with Gasteiger partial charge in [-0.05, 0) is 37.8 Å². The number of hydrogen-bond acceptors (Lipinski definition) is 3. The lowest BCUT2D eigenvalue weighted by Crippen LogP contribution is -2.45. The Morgan fingerprint density at radius 2 is 1.93 bits per heavy atom. The number of piperidine rings is 1. The van der Waals surface area contributed by atoms with Crippen LogP contribution in [0.1, 0.15) is 57.1 Å². The average molecular weight is 382 g/mol. The average Bonchev–Trinajstić information content (AvgIpc) is 2.59. The fourth-order valence-electron chi connectivity index (χ4n) is 3.53. The highest BCUT2D eigenvalue weighted by atomic mass is 19.1. The molecule has 2 atom stereocenters. The van der Waals surface area contributed by atoms with Crippen LogP contribution in [-0.2, 0) is 14.4 Å². The fraction of sp³-hybridized carbons (Fsp3) is 0.526. The Bertz CT molecular complexity index is 691. The minimum atomic E-state index is -1.13. The molecule has 1 fully saturated rings. The molecule has 1 aromatic rings. The van der Waals surface area contributed by atoms with E-state index in [0.717, 1.165) is 25.0 Å².